The Kier molecular flexibility index (Phi) is 8.41. The Morgan fingerprint density at radius 2 is 1.57 bits per heavy atom. The number of hydrogen-bond donors (Lipinski definition) is 0. The van der Waals surface area contributed by atoms with Crippen LogP contribution in [0.1, 0.15) is 27.4 Å². The Bertz CT molecular complexity index is 1430. The van der Waals surface area contributed by atoms with Gasteiger partial charge < -0.3 is 19.0 Å². The molecule has 9 nitrogen and oxygen atoms in total. The summed E-state index contributed by atoms with van der Waals surface area (Å²) in [5, 5.41) is 10.9. The van der Waals surface area contributed by atoms with Crippen LogP contribution in [0.2, 0.25) is 0 Å². The summed E-state index contributed by atoms with van der Waals surface area (Å²) in [7, 11) is 1.68. The van der Waals surface area contributed by atoms with Crippen molar-refractivity contribution in [2.24, 2.45) is 0 Å². The van der Waals surface area contributed by atoms with Crippen molar-refractivity contribution in [1.82, 2.24) is 9.80 Å². The van der Waals surface area contributed by atoms with Gasteiger partial charge in [0.1, 0.15) is 11.5 Å². The molecule has 0 saturated carbocycles. The van der Waals surface area contributed by atoms with E-state index in [-0.39, 0.29) is 11.6 Å². The smallest absolute Gasteiger partial charge is 0.289 e. The number of hydrogen-bond acceptors (Lipinski definition) is 7. The van der Waals surface area contributed by atoms with Crippen molar-refractivity contribution in [3.63, 3.8) is 0 Å². The first-order chi connectivity index (χ1) is 19.5. The zero-order valence-corrected chi connectivity index (χ0v) is 22.4. The number of nitrogens with zero attached hydrogens (tertiary/aromatic N) is 4. The molecule has 0 unspecified atom stereocenters. The third-order valence-corrected chi connectivity index (χ3v) is 7.08. The van der Waals surface area contributed by atoms with E-state index in [1.165, 1.54) is 17.7 Å². The van der Waals surface area contributed by atoms with E-state index in [0.717, 1.165) is 22.8 Å². The molecule has 1 fully saturated rings. The van der Waals surface area contributed by atoms with Gasteiger partial charge in [-0.1, -0.05) is 48.5 Å². The molecule has 0 atom stereocenters. The van der Waals surface area contributed by atoms with Crippen molar-refractivity contribution in [3.8, 4) is 5.75 Å². The van der Waals surface area contributed by atoms with Gasteiger partial charge in [0.05, 0.1) is 18.6 Å². The number of benzene rings is 3. The molecule has 0 bridgehead atoms. The normalized spacial score (nSPS) is 13.4. The Balaban J connectivity index is 1.23. The number of piperazine rings is 1. The summed E-state index contributed by atoms with van der Waals surface area (Å²) in [6.45, 7) is 4.27. The van der Waals surface area contributed by atoms with Crippen molar-refractivity contribution >= 4 is 17.3 Å². The molecule has 1 aliphatic rings. The average Bonchev–Trinajstić information content (AvgIpc) is 3.46. The van der Waals surface area contributed by atoms with Gasteiger partial charge in [0, 0.05) is 62.7 Å². The quantitative estimate of drug-likeness (QED) is 0.197. The Morgan fingerprint density at radius 1 is 0.875 bits per heavy atom. The van der Waals surface area contributed by atoms with E-state index >= 15 is 0 Å². The molecule has 206 valence electrons. The van der Waals surface area contributed by atoms with Gasteiger partial charge in [0.15, 0.2) is 5.76 Å². The molecule has 9 heteroatoms. The molecule has 0 N–H and O–H groups in total. The maximum absolute atomic E-state index is 13.2. The first-order valence-electron chi connectivity index (χ1n) is 13.3. The number of anilines is 1. The lowest BCUT2D eigenvalue weighted by molar-refractivity contribution is -0.384. The molecule has 1 aliphatic heterocycles. The zero-order valence-electron chi connectivity index (χ0n) is 22.4. The maximum Gasteiger partial charge on any atom is 0.289 e. The van der Waals surface area contributed by atoms with Crippen LogP contribution in [-0.4, -0.2) is 53.9 Å². The van der Waals surface area contributed by atoms with Crippen LogP contribution >= 0.6 is 0 Å². The maximum atomic E-state index is 13.2. The third-order valence-electron chi connectivity index (χ3n) is 7.08. The van der Waals surface area contributed by atoms with E-state index in [0.29, 0.717) is 51.6 Å². The molecule has 2 heterocycles. The zero-order chi connectivity index (χ0) is 27.9. The molecule has 1 aromatic heterocycles. The van der Waals surface area contributed by atoms with Crippen molar-refractivity contribution in [1.29, 1.82) is 0 Å². The average molecular weight is 541 g/mol. The second-order valence-corrected chi connectivity index (χ2v) is 9.76. The lowest BCUT2D eigenvalue weighted by Gasteiger charge is -2.35. The van der Waals surface area contributed by atoms with Crippen LogP contribution in [0.3, 0.4) is 0 Å². The fourth-order valence-electron chi connectivity index (χ4n) is 4.99. The predicted octanol–water partition coefficient (Wildman–Crippen LogP) is 5.36. The molecule has 3 aromatic carbocycles. The molecule has 1 saturated heterocycles. The van der Waals surface area contributed by atoms with Crippen LogP contribution in [-0.2, 0) is 19.6 Å². The fraction of sp³-hybridized carbons (Fsp3) is 0.258. The number of para-hydroxylation sites is 1. The van der Waals surface area contributed by atoms with Crippen LogP contribution < -0.4 is 9.64 Å². The first kappa shape index (κ1) is 27.0. The van der Waals surface area contributed by atoms with E-state index in [4.69, 9.17) is 9.15 Å². The van der Waals surface area contributed by atoms with Gasteiger partial charge >= 0.3 is 0 Å². The van der Waals surface area contributed by atoms with Crippen LogP contribution in [0.25, 0.3) is 0 Å². The number of carbonyl (C=O) groups is 1. The second kappa shape index (κ2) is 12.5. The van der Waals surface area contributed by atoms with Crippen LogP contribution in [0.15, 0.2) is 95.4 Å². The van der Waals surface area contributed by atoms with Crippen molar-refractivity contribution in [3.05, 3.63) is 124 Å². The SMILES string of the molecule is COc1ccccc1CN(Cc1ccccc1)Cc1ccc(C(=O)N2CCN(c3ccc([N+](=O)[O-])cc3)CC2)o1. The number of furan rings is 1. The number of nitro groups is 1. The summed E-state index contributed by atoms with van der Waals surface area (Å²) in [5.74, 6) is 1.76. The van der Waals surface area contributed by atoms with Gasteiger partial charge in [-0.25, -0.2) is 0 Å². The summed E-state index contributed by atoms with van der Waals surface area (Å²) in [6.07, 6.45) is 0. The number of ether oxygens (including phenoxy) is 1. The molecular formula is C31H32N4O5. The monoisotopic (exact) mass is 540 g/mol. The summed E-state index contributed by atoms with van der Waals surface area (Å²) in [6, 6.07) is 28.4. The Morgan fingerprint density at radius 3 is 2.27 bits per heavy atom. The minimum absolute atomic E-state index is 0.0661. The van der Waals surface area contributed by atoms with Gasteiger partial charge in [0.2, 0.25) is 0 Å². The molecule has 0 spiro atoms. The number of rotatable bonds is 10. The van der Waals surface area contributed by atoms with Crippen molar-refractivity contribution in [2.75, 3.05) is 38.2 Å². The highest BCUT2D eigenvalue weighted by Gasteiger charge is 2.25. The lowest BCUT2D eigenvalue weighted by Crippen LogP contribution is -2.48. The van der Waals surface area contributed by atoms with E-state index in [2.05, 4.69) is 28.0 Å². The fourth-order valence-corrected chi connectivity index (χ4v) is 4.99. The molecular weight excluding hydrogens is 508 g/mol. The molecule has 0 radical (unpaired) electrons. The van der Waals surface area contributed by atoms with Gasteiger partial charge in [0.25, 0.3) is 11.6 Å². The molecule has 4 aromatic rings. The largest absolute Gasteiger partial charge is 0.496 e. The summed E-state index contributed by atoms with van der Waals surface area (Å²) < 4.78 is 11.6. The van der Waals surface area contributed by atoms with Crippen molar-refractivity contribution < 1.29 is 18.9 Å². The van der Waals surface area contributed by atoms with Crippen molar-refractivity contribution in [2.45, 2.75) is 19.6 Å². The number of methoxy groups -OCH3 is 1. The summed E-state index contributed by atoms with van der Waals surface area (Å²) >= 11 is 0. The predicted molar refractivity (Wildman–Crippen MR) is 152 cm³/mol. The number of carbonyl (C=O) groups excluding carboxylic acids is 1. The molecule has 40 heavy (non-hydrogen) atoms. The van der Waals surface area contributed by atoms with Gasteiger partial charge in [-0.05, 0) is 35.9 Å². The van der Waals surface area contributed by atoms with E-state index in [1.807, 2.05) is 42.5 Å². The third kappa shape index (κ3) is 6.50. The minimum Gasteiger partial charge on any atom is -0.496 e. The van der Waals surface area contributed by atoms with Gasteiger partial charge in [-0.2, -0.15) is 0 Å². The van der Waals surface area contributed by atoms with E-state index in [1.54, 1.807) is 30.2 Å². The lowest BCUT2D eigenvalue weighted by atomic mass is 10.1. The Hall–Kier alpha value is -4.63. The van der Waals surface area contributed by atoms with Gasteiger partial charge in [-0.3, -0.25) is 19.8 Å². The second-order valence-electron chi connectivity index (χ2n) is 9.76. The standard InChI is InChI=1S/C31H32N4O5/c1-39-29-10-6-5-9-25(29)22-32(21-24-7-3-2-4-8-24)23-28-15-16-30(40-28)31(36)34-19-17-33(18-20-34)26-11-13-27(14-12-26)35(37)38/h2-16H,17-23H2,1H3. The van der Waals surface area contributed by atoms with Gasteiger partial charge in [-0.15, -0.1) is 0 Å². The van der Waals surface area contributed by atoms with E-state index in [9.17, 15) is 14.9 Å². The molecule has 1 amide bonds. The summed E-state index contributed by atoms with van der Waals surface area (Å²) in [5.41, 5.74) is 3.24. The minimum atomic E-state index is -0.405. The summed E-state index contributed by atoms with van der Waals surface area (Å²) in [4.78, 5) is 29.9. The Labute approximate surface area is 233 Å². The first-order valence-corrected chi connectivity index (χ1v) is 13.3. The van der Waals surface area contributed by atoms with E-state index < -0.39 is 4.92 Å². The van der Waals surface area contributed by atoms with Crippen LogP contribution in [0, 0.1) is 10.1 Å². The van der Waals surface area contributed by atoms with Crippen LogP contribution in [0.5, 0.6) is 5.75 Å². The topological polar surface area (TPSA) is 92.3 Å². The number of nitro benzene ring substituents is 1. The molecule has 5 rings (SSSR count). The number of non-ortho nitro benzene ring substituents is 1. The highest BCUT2D eigenvalue weighted by atomic mass is 16.6. The van der Waals surface area contributed by atoms with Crippen LogP contribution in [0.4, 0.5) is 11.4 Å². The highest BCUT2D eigenvalue weighted by Crippen LogP contribution is 2.24. The highest BCUT2D eigenvalue weighted by molar-refractivity contribution is 5.91. The number of amides is 1. The molecule has 0 aliphatic carbocycles.